The molecule has 1 atom stereocenters. The molecule has 0 aliphatic heterocycles. The predicted octanol–water partition coefficient (Wildman–Crippen LogP) is 1.97. The van der Waals surface area contributed by atoms with Crippen LogP contribution >= 0.6 is 15.9 Å². The van der Waals surface area contributed by atoms with E-state index in [1.54, 1.807) is 0 Å². The monoisotopic (exact) mass is 186 g/mol. The molecular weight excluding hydrogens is 180 g/mol. The Morgan fingerprint density at radius 2 is 2.11 bits per heavy atom. The average Bonchev–Trinajstić information content (AvgIpc) is 1.89. The fourth-order valence-corrected chi connectivity index (χ4v) is 0.749. The quantitative estimate of drug-likeness (QED) is 0.500. The van der Waals surface area contributed by atoms with Gasteiger partial charge in [0, 0.05) is 6.42 Å². The summed E-state index contributed by atoms with van der Waals surface area (Å²) in [5.41, 5.74) is 0. The molecule has 0 radical (unpaired) electrons. The molecule has 3 heteroatoms. The van der Waals surface area contributed by atoms with Gasteiger partial charge in [0.15, 0.2) is 0 Å². The van der Waals surface area contributed by atoms with Crippen LogP contribution < -0.4 is 0 Å². The molecule has 1 unspecified atom stereocenters. The Labute approximate surface area is 63.2 Å². The van der Waals surface area contributed by atoms with Gasteiger partial charge in [-0.25, -0.2) is 0 Å². The molecule has 48 valence electrons. The summed E-state index contributed by atoms with van der Waals surface area (Å²) in [4.78, 5) is -0.0779. The molecule has 0 fully saturated rings. The highest BCUT2D eigenvalue weighted by Gasteiger charge is 1.98. The van der Waals surface area contributed by atoms with E-state index in [-0.39, 0.29) is 4.83 Å². The van der Waals surface area contributed by atoms with Crippen LogP contribution in [0.1, 0.15) is 19.3 Å². The van der Waals surface area contributed by atoms with Crippen molar-refractivity contribution in [1.29, 1.82) is 10.5 Å². The van der Waals surface area contributed by atoms with Crippen molar-refractivity contribution in [2.45, 2.75) is 24.1 Å². The molecule has 0 aromatic heterocycles. The zero-order chi connectivity index (χ0) is 7.11. The van der Waals surface area contributed by atoms with Crippen molar-refractivity contribution in [1.82, 2.24) is 0 Å². The molecule has 0 heterocycles. The van der Waals surface area contributed by atoms with Crippen molar-refractivity contribution in [2.24, 2.45) is 0 Å². The highest BCUT2D eigenvalue weighted by Crippen LogP contribution is 2.07. The Kier molecular flexibility index (Phi) is 5.26. The Hall–Kier alpha value is -0.540. The second kappa shape index (κ2) is 5.59. The van der Waals surface area contributed by atoms with Crippen LogP contribution in [-0.2, 0) is 0 Å². The highest BCUT2D eigenvalue weighted by atomic mass is 79.9. The van der Waals surface area contributed by atoms with E-state index in [1.165, 1.54) is 0 Å². The maximum Gasteiger partial charge on any atom is 0.101 e. The number of nitrogens with zero attached hydrogens (tertiary/aromatic N) is 2. The predicted molar refractivity (Wildman–Crippen MR) is 37.8 cm³/mol. The first-order valence-corrected chi connectivity index (χ1v) is 3.63. The van der Waals surface area contributed by atoms with Gasteiger partial charge in [0.2, 0.25) is 0 Å². The molecule has 2 nitrogen and oxygen atoms in total. The zero-order valence-corrected chi connectivity index (χ0v) is 6.56. The third-order valence-corrected chi connectivity index (χ3v) is 1.55. The normalized spacial score (nSPS) is 11.4. The molecule has 0 saturated heterocycles. The van der Waals surface area contributed by atoms with Gasteiger partial charge in [-0.15, -0.1) is 0 Å². The van der Waals surface area contributed by atoms with Gasteiger partial charge >= 0.3 is 0 Å². The molecule has 0 aromatic rings. The Morgan fingerprint density at radius 1 is 1.44 bits per heavy atom. The van der Waals surface area contributed by atoms with Crippen LogP contribution in [0.15, 0.2) is 0 Å². The Bertz CT molecular complexity index is 142. The molecule has 0 saturated carbocycles. The van der Waals surface area contributed by atoms with Gasteiger partial charge in [0.1, 0.15) is 4.83 Å². The van der Waals surface area contributed by atoms with Crippen LogP contribution in [0.5, 0.6) is 0 Å². The fraction of sp³-hybridized carbons (Fsp3) is 0.667. The van der Waals surface area contributed by atoms with Crippen LogP contribution in [0.25, 0.3) is 0 Å². The summed E-state index contributed by atoms with van der Waals surface area (Å²) >= 11 is 3.14. The minimum Gasteiger partial charge on any atom is -0.198 e. The lowest BCUT2D eigenvalue weighted by molar-refractivity contribution is 0.789. The first kappa shape index (κ1) is 8.46. The molecule has 0 aromatic carbocycles. The number of hydrogen-bond acceptors (Lipinski definition) is 2. The van der Waals surface area contributed by atoms with Crippen LogP contribution in [-0.4, -0.2) is 4.83 Å². The first-order valence-electron chi connectivity index (χ1n) is 2.72. The van der Waals surface area contributed by atoms with E-state index in [0.29, 0.717) is 6.42 Å². The van der Waals surface area contributed by atoms with E-state index in [0.717, 1.165) is 12.8 Å². The standard InChI is InChI=1S/C6H7BrN2/c7-6(5-9)3-1-2-4-8/h6H,1-3H2. The third-order valence-electron chi connectivity index (χ3n) is 0.886. The smallest absolute Gasteiger partial charge is 0.101 e. The van der Waals surface area contributed by atoms with Crippen LogP contribution in [0, 0.1) is 22.7 Å². The molecule has 0 aliphatic rings. The number of nitriles is 2. The maximum atomic E-state index is 8.25. The van der Waals surface area contributed by atoms with Gasteiger partial charge in [-0.1, -0.05) is 15.9 Å². The SMILES string of the molecule is N#CCCCC(Br)C#N. The van der Waals surface area contributed by atoms with Crippen LogP contribution in [0.3, 0.4) is 0 Å². The highest BCUT2D eigenvalue weighted by molar-refractivity contribution is 9.09. The molecule has 9 heavy (non-hydrogen) atoms. The first-order chi connectivity index (χ1) is 4.31. The molecule has 0 spiro atoms. The van der Waals surface area contributed by atoms with Crippen molar-refractivity contribution in [3.63, 3.8) is 0 Å². The molecule has 0 rings (SSSR count). The van der Waals surface area contributed by atoms with Gasteiger partial charge < -0.3 is 0 Å². The Morgan fingerprint density at radius 3 is 2.56 bits per heavy atom. The lowest BCUT2D eigenvalue weighted by Gasteiger charge is -1.93. The topological polar surface area (TPSA) is 47.6 Å². The third kappa shape index (κ3) is 5.33. The lowest BCUT2D eigenvalue weighted by atomic mass is 10.2. The van der Waals surface area contributed by atoms with Crippen molar-refractivity contribution in [3.05, 3.63) is 0 Å². The van der Waals surface area contributed by atoms with Crippen molar-refractivity contribution >= 4 is 15.9 Å². The number of rotatable bonds is 3. The van der Waals surface area contributed by atoms with E-state index in [1.807, 2.05) is 12.1 Å². The van der Waals surface area contributed by atoms with Crippen molar-refractivity contribution in [2.75, 3.05) is 0 Å². The summed E-state index contributed by atoms with van der Waals surface area (Å²) in [6.45, 7) is 0. The maximum absolute atomic E-state index is 8.25. The summed E-state index contributed by atoms with van der Waals surface area (Å²) in [6, 6.07) is 4.05. The van der Waals surface area contributed by atoms with Crippen molar-refractivity contribution in [3.8, 4) is 12.1 Å². The van der Waals surface area contributed by atoms with Gasteiger partial charge in [-0.05, 0) is 12.8 Å². The number of alkyl halides is 1. The van der Waals surface area contributed by atoms with E-state index < -0.39 is 0 Å². The molecule has 0 aliphatic carbocycles. The van der Waals surface area contributed by atoms with Gasteiger partial charge in [-0.2, -0.15) is 10.5 Å². The Balaban J connectivity index is 3.12. The summed E-state index contributed by atoms with van der Waals surface area (Å²) in [5.74, 6) is 0. The van der Waals surface area contributed by atoms with Crippen LogP contribution in [0.2, 0.25) is 0 Å². The van der Waals surface area contributed by atoms with Gasteiger partial charge in [-0.3, -0.25) is 0 Å². The van der Waals surface area contributed by atoms with E-state index in [4.69, 9.17) is 10.5 Å². The number of hydrogen-bond donors (Lipinski definition) is 0. The minimum atomic E-state index is -0.0779. The summed E-state index contributed by atoms with van der Waals surface area (Å²) < 4.78 is 0. The van der Waals surface area contributed by atoms with Crippen LogP contribution in [0.4, 0.5) is 0 Å². The second-order valence-electron chi connectivity index (χ2n) is 1.65. The average molecular weight is 187 g/mol. The van der Waals surface area contributed by atoms with E-state index in [2.05, 4.69) is 15.9 Å². The minimum absolute atomic E-state index is 0.0779. The summed E-state index contributed by atoms with van der Waals surface area (Å²) in [7, 11) is 0. The molecular formula is C6H7BrN2. The zero-order valence-electron chi connectivity index (χ0n) is 4.97. The fourth-order valence-electron chi connectivity index (χ4n) is 0.425. The molecule has 0 N–H and O–H groups in total. The van der Waals surface area contributed by atoms with E-state index >= 15 is 0 Å². The summed E-state index contributed by atoms with van der Waals surface area (Å²) in [6.07, 6.45) is 2.12. The number of unbranched alkanes of at least 4 members (excludes halogenated alkanes) is 1. The molecule has 0 bridgehead atoms. The second-order valence-corrected chi connectivity index (χ2v) is 2.75. The van der Waals surface area contributed by atoms with Gasteiger partial charge in [0.05, 0.1) is 12.1 Å². The van der Waals surface area contributed by atoms with Crippen molar-refractivity contribution < 1.29 is 0 Å². The number of halogens is 1. The van der Waals surface area contributed by atoms with Gasteiger partial charge in [0.25, 0.3) is 0 Å². The summed E-state index contributed by atoms with van der Waals surface area (Å²) in [5, 5.41) is 16.4. The lowest BCUT2D eigenvalue weighted by Crippen LogP contribution is -1.90. The largest absolute Gasteiger partial charge is 0.198 e. The van der Waals surface area contributed by atoms with E-state index in [9.17, 15) is 0 Å². The molecule has 0 amide bonds.